The average Bonchev–Trinajstić information content (AvgIpc) is 2.82. The van der Waals surface area contributed by atoms with Crippen molar-refractivity contribution in [1.29, 1.82) is 5.26 Å². The fourth-order valence-electron chi connectivity index (χ4n) is 3.44. The first-order chi connectivity index (χ1) is 15.0. The summed E-state index contributed by atoms with van der Waals surface area (Å²) in [4.78, 5) is 27.5. The van der Waals surface area contributed by atoms with Crippen molar-refractivity contribution in [3.63, 3.8) is 0 Å². The van der Waals surface area contributed by atoms with Crippen molar-refractivity contribution in [3.05, 3.63) is 63.7 Å². The summed E-state index contributed by atoms with van der Waals surface area (Å²) in [6.07, 6.45) is 1.32. The molecule has 0 N–H and O–H groups in total. The van der Waals surface area contributed by atoms with Crippen molar-refractivity contribution >= 4 is 23.4 Å². The van der Waals surface area contributed by atoms with E-state index in [0.717, 1.165) is 5.69 Å². The molecule has 1 saturated heterocycles. The number of anilines is 1. The van der Waals surface area contributed by atoms with Gasteiger partial charge in [0.1, 0.15) is 17.4 Å². The van der Waals surface area contributed by atoms with Crippen molar-refractivity contribution in [1.82, 2.24) is 4.90 Å². The molecule has 0 bridgehead atoms. The maximum absolute atomic E-state index is 12.9. The van der Waals surface area contributed by atoms with E-state index in [9.17, 15) is 20.2 Å². The second-order valence-corrected chi connectivity index (χ2v) is 6.81. The standard InChI is InChI=1S/C22H22N4O5/c1-30-20-14-21(31-2)19(26(28)29)13-16(20)12-17(15-23)22(27)25-10-8-24(9-11-25)18-6-4-3-5-7-18/h3-7,12-14H,8-11H2,1-2H3/b17-12-. The molecule has 9 nitrogen and oxygen atoms in total. The molecule has 1 fully saturated rings. The highest BCUT2D eigenvalue weighted by molar-refractivity contribution is 6.02. The molecule has 3 rings (SSSR count). The van der Waals surface area contributed by atoms with Gasteiger partial charge in [-0.25, -0.2) is 0 Å². The summed E-state index contributed by atoms with van der Waals surface area (Å²) < 4.78 is 10.3. The van der Waals surface area contributed by atoms with Gasteiger partial charge in [-0.05, 0) is 18.2 Å². The van der Waals surface area contributed by atoms with Crippen LogP contribution in [-0.4, -0.2) is 56.1 Å². The number of piperazine rings is 1. The number of nitro groups is 1. The molecule has 31 heavy (non-hydrogen) atoms. The molecule has 0 aromatic heterocycles. The molecule has 0 atom stereocenters. The van der Waals surface area contributed by atoms with E-state index in [0.29, 0.717) is 26.2 Å². The van der Waals surface area contributed by atoms with Crippen LogP contribution in [0, 0.1) is 21.4 Å². The summed E-state index contributed by atoms with van der Waals surface area (Å²) in [6, 6.07) is 14.4. The van der Waals surface area contributed by atoms with Gasteiger partial charge in [-0.15, -0.1) is 0 Å². The molecule has 1 aliphatic rings. The Bertz CT molecular complexity index is 1040. The molecule has 9 heteroatoms. The lowest BCUT2D eigenvalue weighted by atomic mass is 10.1. The van der Waals surface area contributed by atoms with Gasteiger partial charge >= 0.3 is 5.69 Å². The van der Waals surface area contributed by atoms with E-state index in [2.05, 4.69) is 4.90 Å². The summed E-state index contributed by atoms with van der Waals surface area (Å²) in [6.45, 7) is 2.22. The van der Waals surface area contributed by atoms with Crippen LogP contribution >= 0.6 is 0 Å². The van der Waals surface area contributed by atoms with E-state index < -0.39 is 10.8 Å². The molecular weight excluding hydrogens is 400 g/mol. The van der Waals surface area contributed by atoms with E-state index in [1.165, 1.54) is 32.4 Å². The van der Waals surface area contributed by atoms with Crippen molar-refractivity contribution in [2.45, 2.75) is 0 Å². The van der Waals surface area contributed by atoms with Crippen molar-refractivity contribution in [2.24, 2.45) is 0 Å². The highest BCUT2D eigenvalue weighted by Crippen LogP contribution is 2.35. The van der Waals surface area contributed by atoms with Crippen LogP contribution in [0.25, 0.3) is 6.08 Å². The number of nitro benzene ring substituents is 1. The fraction of sp³-hybridized carbons (Fsp3) is 0.273. The summed E-state index contributed by atoms with van der Waals surface area (Å²) in [5.41, 5.74) is 0.936. The Morgan fingerprint density at radius 1 is 1.10 bits per heavy atom. The third-order valence-corrected chi connectivity index (χ3v) is 5.07. The van der Waals surface area contributed by atoms with Gasteiger partial charge in [0, 0.05) is 49.6 Å². The molecule has 1 aliphatic heterocycles. The Labute approximate surface area is 179 Å². The molecule has 2 aromatic rings. The average molecular weight is 422 g/mol. The Balaban J connectivity index is 1.82. The van der Waals surface area contributed by atoms with Gasteiger partial charge in [0.2, 0.25) is 5.75 Å². The lowest BCUT2D eigenvalue weighted by molar-refractivity contribution is -0.385. The van der Waals surface area contributed by atoms with Gasteiger partial charge in [0.05, 0.1) is 19.1 Å². The second kappa shape index (κ2) is 9.63. The van der Waals surface area contributed by atoms with Gasteiger partial charge < -0.3 is 19.3 Å². The molecule has 160 valence electrons. The maximum Gasteiger partial charge on any atom is 0.311 e. The monoisotopic (exact) mass is 422 g/mol. The van der Waals surface area contributed by atoms with Gasteiger partial charge in [0.25, 0.3) is 5.91 Å². The van der Waals surface area contributed by atoms with Crippen LogP contribution in [0.15, 0.2) is 48.0 Å². The maximum atomic E-state index is 12.9. The molecule has 1 amide bonds. The molecule has 0 saturated carbocycles. The van der Waals surface area contributed by atoms with Gasteiger partial charge in [0.15, 0.2) is 0 Å². The van der Waals surface area contributed by atoms with Crippen LogP contribution in [0.3, 0.4) is 0 Å². The topological polar surface area (TPSA) is 109 Å². The molecule has 0 radical (unpaired) electrons. The first-order valence-corrected chi connectivity index (χ1v) is 9.60. The predicted octanol–water partition coefficient (Wildman–Crippen LogP) is 2.87. The van der Waals surface area contributed by atoms with E-state index in [-0.39, 0.29) is 28.3 Å². The van der Waals surface area contributed by atoms with Crippen molar-refractivity contribution in [2.75, 3.05) is 45.3 Å². The van der Waals surface area contributed by atoms with E-state index in [4.69, 9.17) is 9.47 Å². The van der Waals surface area contributed by atoms with Crippen LogP contribution in [-0.2, 0) is 4.79 Å². The number of carbonyl (C=O) groups is 1. The zero-order valence-corrected chi connectivity index (χ0v) is 17.3. The largest absolute Gasteiger partial charge is 0.496 e. The number of hydrogen-bond donors (Lipinski definition) is 0. The zero-order chi connectivity index (χ0) is 22.4. The van der Waals surface area contributed by atoms with Crippen LogP contribution in [0.4, 0.5) is 11.4 Å². The predicted molar refractivity (Wildman–Crippen MR) is 115 cm³/mol. The van der Waals surface area contributed by atoms with Crippen LogP contribution in [0.2, 0.25) is 0 Å². The number of hydrogen-bond acceptors (Lipinski definition) is 7. The third-order valence-electron chi connectivity index (χ3n) is 5.07. The lowest BCUT2D eigenvalue weighted by Gasteiger charge is -2.36. The summed E-state index contributed by atoms with van der Waals surface area (Å²) in [5, 5.41) is 20.9. The summed E-state index contributed by atoms with van der Waals surface area (Å²) in [7, 11) is 2.71. The molecular formula is C22H22N4O5. The minimum absolute atomic E-state index is 0.0286. The minimum atomic E-state index is -0.591. The number of amides is 1. The van der Waals surface area contributed by atoms with E-state index in [1.807, 2.05) is 36.4 Å². The molecule has 2 aromatic carbocycles. The summed E-state index contributed by atoms with van der Waals surface area (Å²) in [5.74, 6) is -0.131. The lowest BCUT2D eigenvalue weighted by Crippen LogP contribution is -2.49. The number of carbonyl (C=O) groups excluding carboxylic acids is 1. The molecule has 0 unspecified atom stereocenters. The normalized spacial score (nSPS) is 14.0. The zero-order valence-electron chi connectivity index (χ0n) is 17.3. The fourth-order valence-corrected chi connectivity index (χ4v) is 3.44. The van der Waals surface area contributed by atoms with Crippen molar-refractivity contribution < 1.29 is 19.2 Å². The minimum Gasteiger partial charge on any atom is -0.496 e. The summed E-state index contributed by atoms with van der Waals surface area (Å²) >= 11 is 0. The Morgan fingerprint density at radius 2 is 1.74 bits per heavy atom. The van der Waals surface area contributed by atoms with Crippen molar-refractivity contribution in [3.8, 4) is 17.6 Å². The highest BCUT2D eigenvalue weighted by atomic mass is 16.6. The quantitative estimate of drug-likeness (QED) is 0.305. The molecule has 0 spiro atoms. The number of rotatable bonds is 6. The Kier molecular flexibility index (Phi) is 6.72. The van der Waals surface area contributed by atoms with Gasteiger partial charge in [-0.1, -0.05) is 18.2 Å². The van der Waals surface area contributed by atoms with Gasteiger partial charge in [-0.2, -0.15) is 5.26 Å². The van der Waals surface area contributed by atoms with Crippen LogP contribution in [0.5, 0.6) is 11.5 Å². The SMILES string of the molecule is COc1cc(OC)c([N+](=O)[O-])cc1/C=C(/C#N)C(=O)N1CCN(c2ccccc2)CC1. The van der Waals surface area contributed by atoms with Crippen LogP contribution < -0.4 is 14.4 Å². The Hall–Kier alpha value is -4.06. The number of benzene rings is 2. The Morgan fingerprint density at radius 3 is 2.29 bits per heavy atom. The van der Waals surface area contributed by atoms with E-state index >= 15 is 0 Å². The number of ether oxygens (including phenoxy) is 2. The second-order valence-electron chi connectivity index (χ2n) is 6.81. The van der Waals surface area contributed by atoms with Gasteiger partial charge in [-0.3, -0.25) is 14.9 Å². The number of nitrogens with zero attached hydrogens (tertiary/aromatic N) is 4. The van der Waals surface area contributed by atoms with Crippen LogP contribution in [0.1, 0.15) is 5.56 Å². The first kappa shape index (κ1) is 21.6. The van der Waals surface area contributed by atoms with E-state index in [1.54, 1.807) is 4.90 Å². The number of para-hydroxylation sites is 1. The number of nitriles is 1. The smallest absolute Gasteiger partial charge is 0.311 e. The first-order valence-electron chi connectivity index (χ1n) is 9.60. The highest BCUT2D eigenvalue weighted by Gasteiger charge is 2.25. The number of methoxy groups -OCH3 is 2. The molecule has 0 aliphatic carbocycles. The third kappa shape index (κ3) is 4.75. The molecule has 1 heterocycles.